The van der Waals surface area contributed by atoms with E-state index in [0.29, 0.717) is 19.3 Å². The second kappa shape index (κ2) is 25.0. The molecule has 4 aliphatic rings. The van der Waals surface area contributed by atoms with Gasteiger partial charge in [0.05, 0.1) is 36.6 Å². The summed E-state index contributed by atoms with van der Waals surface area (Å²) < 4.78 is 86.0. The van der Waals surface area contributed by atoms with E-state index in [1.54, 1.807) is 6.07 Å². The second-order valence-electron chi connectivity index (χ2n) is 17.5. The molecule has 1 aromatic carbocycles. The van der Waals surface area contributed by atoms with Crippen LogP contribution in [0.25, 0.3) is 0 Å². The molecular weight excluding hydrogens is 778 g/mol. The molecule has 9 nitrogen and oxygen atoms in total. The lowest BCUT2D eigenvalue weighted by Crippen LogP contribution is -2.53. The van der Waals surface area contributed by atoms with Crippen LogP contribution in [0.4, 0.5) is 13.2 Å². The van der Waals surface area contributed by atoms with E-state index in [0.717, 1.165) is 109 Å². The molecule has 0 aromatic heterocycles. The summed E-state index contributed by atoms with van der Waals surface area (Å²) in [4.78, 5) is 25.6. The van der Waals surface area contributed by atoms with Gasteiger partial charge in [-0.15, -0.1) is 0 Å². The fourth-order valence-electron chi connectivity index (χ4n) is 9.53. The quantitative estimate of drug-likeness (QED) is 0.0666. The number of carbonyl (C=O) groups excluding carboxylic acids is 2. The monoisotopic (exact) mass is 851 g/mol. The Bertz CT molecular complexity index is 1440. The Balaban J connectivity index is 1.08. The molecule has 4 heterocycles. The van der Waals surface area contributed by atoms with Gasteiger partial charge in [-0.25, -0.2) is 9.59 Å². The van der Waals surface area contributed by atoms with E-state index in [9.17, 15) is 22.8 Å². The zero-order chi connectivity index (χ0) is 42.8. The molecule has 3 fully saturated rings. The summed E-state index contributed by atoms with van der Waals surface area (Å²) in [6.45, 7) is 4.34. The van der Waals surface area contributed by atoms with Crippen LogP contribution < -0.4 is 0 Å². The summed E-state index contributed by atoms with van der Waals surface area (Å²) in [5.41, 5.74) is -2.76. The molecule has 9 atom stereocenters. The van der Waals surface area contributed by atoms with E-state index in [1.165, 1.54) is 62.8 Å². The molecular formula is C48H73F3O9. The Hall–Kier alpha value is -2.51. The van der Waals surface area contributed by atoms with Gasteiger partial charge < -0.3 is 33.2 Å². The van der Waals surface area contributed by atoms with Crippen LogP contribution in [0.2, 0.25) is 0 Å². The molecule has 0 aliphatic carbocycles. The van der Waals surface area contributed by atoms with Crippen LogP contribution in [0.1, 0.15) is 174 Å². The molecule has 12 heteroatoms. The molecule has 340 valence electrons. The summed E-state index contributed by atoms with van der Waals surface area (Å²) in [5.74, 6) is -1.63. The number of methoxy groups -OCH3 is 1. The van der Waals surface area contributed by atoms with Crippen molar-refractivity contribution in [1.82, 2.24) is 0 Å². The summed E-state index contributed by atoms with van der Waals surface area (Å²) in [6, 6.07) is 7.00. The SMILES string of the molecule is CCCCCCCCCCCC[C@@H](OC(=O)[C@](OC)(c1ccccc1)C(F)(F)F)[C@H]1CC[C@H]([C@H]2CC[C@H]([C@H]3CC[C@@H](CCCCCCCC4=C[C@H](C)OC4=O)OCO3)O2)O1. The number of rotatable bonds is 26. The number of unbranched alkanes of at least 4 members (excludes halogenated alkanes) is 13. The van der Waals surface area contributed by atoms with Gasteiger partial charge >= 0.3 is 18.1 Å². The Morgan fingerprint density at radius 2 is 1.35 bits per heavy atom. The van der Waals surface area contributed by atoms with Crippen LogP contribution >= 0.6 is 0 Å². The van der Waals surface area contributed by atoms with E-state index in [4.69, 9.17) is 33.2 Å². The van der Waals surface area contributed by atoms with Crippen LogP contribution in [-0.4, -0.2) is 80.8 Å². The van der Waals surface area contributed by atoms with Crippen molar-refractivity contribution in [3.63, 3.8) is 0 Å². The van der Waals surface area contributed by atoms with Crippen molar-refractivity contribution < 1.29 is 55.9 Å². The van der Waals surface area contributed by atoms with E-state index < -0.39 is 30.0 Å². The maximum absolute atomic E-state index is 14.8. The number of benzene rings is 1. The number of halogens is 3. The van der Waals surface area contributed by atoms with Gasteiger partial charge in [0.1, 0.15) is 19.0 Å². The highest BCUT2D eigenvalue weighted by Gasteiger charge is 2.64. The van der Waals surface area contributed by atoms with E-state index in [1.807, 2.05) is 13.0 Å². The van der Waals surface area contributed by atoms with E-state index in [-0.39, 0.29) is 54.9 Å². The third-order valence-electron chi connectivity index (χ3n) is 13.0. The Morgan fingerprint density at radius 1 is 0.750 bits per heavy atom. The largest absolute Gasteiger partial charge is 0.457 e. The molecule has 1 aromatic rings. The number of alkyl halides is 3. The Kier molecular flexibility index (Phi) is 20.2. The van der Waals surface area contributed by atoms with Crippen molar-refractivity contribution in [1.29, 1.82) is 0 Å². The predicted octanol–water partition coefficient (Wildman–Crippen LogP) is 11.5. The minimum Gasteiger partial charge on any atom is -0.457 e. The van der Waals surface area contributed by atoms with Crippen LogP contribution in [0.3, 0.4) is 0 Å². The number of hydrogen-bond acceptors (Lipinski definition) is 9. The van der Waals surface area contributed by atoms with Gasteiger partial charge in [0.2, 0.25) is 0 Å². The molecule has 0 unspecified atom stereocenters. The first-order chi connectivity index (χ1) is 29.1. The van der Waals surface area contributed by atoms with Gasteiger partial charge in [0, 0.05) is 18.2 Å². The van der Waals surface area contributed by atoms with Crippen molar-refractivity contribution in [2.24, 2.45) is 0 Å². The molecule has 3 saturated heterocycles. The number of esters is 2. The molecule has 0 saturated carbocycles. The van der Waals surface area contributed by atoms with Gasteiger partial charge in [-0.3, -0.25) is 0 Å². The Morgan fingerprint density at radius 3 is 2.00 bits per heavy atom. The normalized spacial score (nSPS) is 27.6. The fourth-order valence-corrected chi connectivity index (χ4v) is 9.53. The topological polar surface area (TPSA) is 98.8 Å². The smallest absolute Gasteiger partial charge is 0.432 e. The summed E-state index contributed by atoms with van der Waals surface area (Å²) >= 11 is 0. The van der Waals surface area contributed by atoms with Crippen LogP contribution in [0.5, 0.6) is 0 Å². The van der Waals surface area contributed by atoms with Crippen molar-refractivity contribution in [2.75, 3.05) is 13.9 Å². The van der Waals surface area contributed by atoms with Crippen LogP contribution in [-0.2, 0) is 48.3 Å². The zero-order valence-corrected chi connectivity index (χ0v) is 36.6. The lowest BCUT2D eigenvalue weighted by molar-refractivity contribution is -0.280. The standard InChI is InChI=1S/C48H73F3O9/c1-4-5-6-7-8-9-10-11-15-21-26-40(60-46(53)47(54-3,48(49,50)51)37-23-18-16-19-24-37)42-31-32-44(59-42)43-30-29-41(58-43)39-28-27-38(55-34-56-39)25-20-14-12-13-17-22-36-33-35(2)57-45(36)52/h16,18-19,23-24,33,35,38-44H,4-15,17,20-22,25-32,34H2,1-3H3/t35-,38+,39+,40+,41+,42+,43+,44+,47+/m0/s1. The first kappa shape index (κ1) is 48.5. The van der Waals surface area contributed by atoms with Gasteiger partial charge in [-0.1, -0.05) is 121 Å². The number of hydrogen-bond donors (Lipinski definition) is 0. The highest BCUT2D eigenvalue weighted by molar-refractivity contribution is 5.90. The van der Waals surface area contributed by atoms with E-state index in [2.05, 4.69) is 6.92 Å². The molecule has 0 amide bonds. The number of ether oxygens (including phenoxy) is 7. The second-order valence-corrected chi connectivity index (χ2v) is 17.5. The van der Waals surface area contributed by atoms with Crippen LogP contribution in [0.15, 0.2) is 42.0 Å². The van der Waals surface area contributed by atoms with Gasteiger partial charge in [0.15, 0.2) is 0 Å². The van der Waals surface area contributed by atoms with Gasteiger partial charge in [0.25, 0.3) is 5.60 Å². The van der Waals surface area contributed by atoms with Crippen LogP contribution in [0, 0.1) is 0 Å². The molecule has 0 bridgehead atoms. The van der Waals surface area contributed by atoms with Gasteiger partial charge in [-0.05, 0) is 83.6 Å². The summed E-state index contributed by atoms with van der Waals surface area (Å²) in [5, 5.41) is 0. The zero-order valence-electron chi connectivity index (χ0n) is 36.6. The van der Waals surface area contributed by atoms with Crippen molar-refractivity contribution in [2.45, 2.75) is 229 Å². The Labute approximate surface area is 357 Å². The number of carbonyl (C=O) groups is 2. The average molecular weight is 851 g/mol. The third-order valence-corrected chi connectivity index (χ3v) is 13.0. The lowest BCUT2D eigenvalue weighted by atomic mass is 9.92. The van der Waals surface area contributed by atoms with Crippen molar-refractivity contribution in [3.8, 4) is 0 Å². The molecule has 0 radical (unpaired) electrons. The molecule has 0 spiro atoms. The first-order valence-corrected chi connectivity index (χ1v) is 23.4. The van der Waals surface area contributed by atoms with E-state index >= 15 is 0 Å². The van der Waals surface area contributed by atoms with Gasteiger partial charge in [-0.2, -0.15) is 13.2 Å². The predicted molar refractivity (Wildman–Crippen MR) is 223 cm³/mol. The molecule has 0 N–H and O–H groups in total. The highest BCUT2D eigenvalue weighted by Crippen LogP contribution is 2.44. The van der Waals surface area contributed by atoms with Crippen molar-refractivity contribution >= 4 is 11.9 Å². The molecule has 5 rings (SSSR count). The summed E-state index contributed by atoms with van der Waals surface area (Å²) in [7, 11) is 0.904. The lowest BCUT2D eigenvalue weighted by Gasteiger charge is -2.35. The minimum absolute atomic E-state index is 0.0796. The molecule has 4 aliphatic heterocycles. The minimum atomic E-state index is -5.05. The third kappa shape index (κ3) is 14.0. The van der Waals surface area contributed by atoms with Crippen molar-refractivity contribution in [3.05, 3.63) is 47.5 Å². The summed E-state index contributed by atoms with van der Waals surface area (Å²) in [6.07, 6.45) is 18.4. The maximum Gasteiger partial charge on any atom is 0.432 e. The average Bonchev–Trinajstić information content (AvgIpc) is 3.95. The maximum atomic E-state index is 14.8. The number of cyclic esters (lactones) is 1. The fraction of sp³-hybridized carbons (Fsp3) is 0.792. The molecule has 60 heavy (non-hydrogen) atoms. The highest BCUT2D eigenvalue weighted by atomic mass is 19.4. The first-order valence-electron chi connectivity index (χ1n) is 23.4.